The van der Waals surface area contributed by atoms with Gasteiger partial charge >= 0.3 is 0 Å². The van der Waals surface area contributed by atoms with E-state index in [0.29, 0.717) is 4.20 Å². The van der Waals surface area contributed by atoms with Gasteiger partial charge < -0.3 is 24.8 Å². The van der Waals surface area contributed by atoms with Crippen molar-refractivity contribution in [3.8, 4) is 0 Å². The fourth-order valence-corrected chi connectivity index (χ4v) is 2.99. The molecule has 2 aromatic carbocycles. The van der Waals surface area contributed by atoms with E-state index in [1.807, 2.05) is 48.8 Å². The van der Waals surface area contributed by atoms with Crippen LogP contribution in [0, 0.1) is 0 Å². The average molecular weight is 324 g/mol. The van der Waals surface area contributed by atoms with Gasteiger partial charge in [0.25, 0.3) is 5.82 Å². The smallest absolute Gasteiger partial charge is 0.269 e. The van der Waals surface area contributed by atoms with Crippen LogP contribution in [0.15, 0.2) is 73.1 Å². The van der Waals surface area contributed by atoms with Gasteiger partial charge in [0.05, 0.1) is 0 Å². The van der Waals surface area contributed by atoms with Crippen molar-refractivity contribution in [2.45, 2.75) is 13.1 Å². The summed E-state index contributed by atoms with van der Waals surface area (Å²) in [4.78, 5) is 0. The fraction of sp³-hybridized carbons (Fsp3) is 0.111. The van der Waals surface area contributed by atoms with Gasteiger partial charge in [-0.25, -0.2) is 9.13 Å². The van der Waals surface area contributed by atoms with Crippen LogP contribution in [0.4, 0.5) is 0 Å². The molecule has 22 heavy (non-hydrogen) atoms. The Morgan fingerprint density at radius 2 is 1.55 bits per heavy atom. The van der Waals surface area contributed by atoms with Crippen LogP contribution in [0.2, 0.25) is 0 Å². The van der Waals surface area contributed by atoms with E-state index in [-0.39, 0.29) is 0 Å². The minimum absolute atomic E-state index is 0.497. The summed E-state index contributed by atoms with van der Waals surface area (Å²) in [6.45, 7) is 1.55. The van der Waals surface area contributed by atoms with E-state index in [4.69, 9.17) is 24.8 Å². The number of nitrogens with zero attached hydrogens (tertiary/aromatic N) is 2. The van der Waals surface area contributed by atoms with Gasteiger partial charge in [-0.05, 0) is 15.3 Å². The molecule has 0 spiro atoms. The summed E-state index contributed by atoms with van der Waals surface area (Å²) in [6.07, 6.45) is 4.09. The summed E-state index contributed by atoms with van der Waals surface area (Å²) in [5, 5.41) is 0. The molecular weight excluding hydrogens is 308 g/mol. The van der Waals surface area contributed by atoms with Crippen molar-refractivity contribution in [2.75, 3.05) is 0 Å². The fourth-order valence-electron chi connectivity index (χ4n) is 2.52. The summed E-state index contributed by atoms with van der Waals surface area (Å²) >= 11 is 10.6. The average Bonchev–Trinajstić information content (AvgIpc) is 2.92. The maximum absolute atomic E-state index is 5.30. The number of hydrogen-bond donors (Lipinski definition) is 0. The molecule has 0 atom stereocenters. The third-order valence-electron chi connectivity index (χ3n) is 3.54. The van der Waals surface area contributed by atoms with E-state index in [1.54, 1.807) is 0 Å². The van der Waals surface area contributed by atoms with Crippen LogP contribution in [0.3, 0.4) is 0 Å². The Morgan fingerprint density at radius 1 is 0.955 bits per heavy atom. The second kappa shape index (κ2) is 6.81. The van der Waals surface area contributed by atoms with E-state index in [2.05, 4.69) is 33.4 Å². The first kappa shape index (κ1) is 14.9. The maximum Gasteiger partial charge on any atom is 0.269 e. The van der Waals surface area contributed by atoms with Crippen molar-refractivity contribution in [1.82, 2.24) is 4.57 Å². The van der Waals surface area contributed by atoms with Gasteiger partial charge in [-0.1, -0.05) is 60.7 Å². The third kappa shape index (κ3) is 3.40. The molecule has 0 amide bonds. The van der Waals surface area contributed by atoms with Crippen molar-refractivity contribution in [2.24, 2.45) is 0 Å². The van der Waals surface area contributed by atoms with Crippen LogP contribution in [-0.2, 0) is 25.7 Å². The Bertz CT molecular complexity index is 705. The minimum Gasteiger partial charge on any atom is -0.421 e. The van der Waals surface area contributed by atoms with Gasteiger partial charge in [0, 0.05) is 0 Å². The van der Waals surface area contributed by atoms with Crippen LogP contribution in [0.1, 0.15) is 17.0 Å². The molecule has 0 aliphatic heterocycles. The van der Waals surface area contributed by atoms with Crippen molar-refractivity contribution < 1.29 is 4.57 Å². The molecule has 0 saturated heterocycles. The molecule has 0 bridgehead atoms. The lowest BCUT2D eigenvalue weighted by Gasteiger charge is -2.08. The zero-order valence-electron chi connectivity index (χ0n) is 12.1. The van der Waals surface area contributed by atoms with Gasteiger partial charge in [-0.2, -0.15) is 0 Å². The van der Waals surface area contributed by atoms with Crippen LogP contribution >= 0.6 is 12.2 Å². The molecule has 3 rings (SSSR count). The lowest BCUT2D eigenvalue weighted by Crippen LogP contribution is -2.39. The predicted molar refractivity (Wildman–Crippen MR) is 94.8 cm³/mol. The summed E-state index contributed by atoms with van der Waals surface area (Å²) in [6, 6.07) is 20.7. The molecule has 1 aromatic heterocycles. The monoisotopic (exact) mass is 324 g/mol. The number of benzene rings is 2. The van der Waals surface area contributed by atoms with E-state index < -0.39 is 0 Å². The molecular formula is C18H16N2S2. The zero-order chi connectivity index (χ0) is 15.4. The van der Waals surface area contributed by atoms with Crippen molar-refractivity contribution in [3.05, 3.63) is 90.0 Å². The Kier molecular flexibility index (Phi) is 4.61. The predicted octanol–water partition coefficient (Wildman–Crippen LogP) is 3.09. The Morgan fingerprint density at radius 3 is 2.14 bits per heavy atom. The topological polar surface area (TPSA) is 8.81 Å². The third-order valence-corrected chi connectivity index (χ3v) is 3.91. The quantitative estimate of drug-likeness (QED) is 0.405. The molecule has 0 aliphatic carbocycles. The highest BCUT2D eigenvalue weighted by molar-refractivity contribution is 8.01. The first-order valence-corrected chi connectivity index (χ1v) is 7.93. The Balaban J connectivity index is 1.90. The summed E-state index contributed by atoms with van der Waals surface area (Å²) in [5.41, 5.74) is 2.47. The molecule has 0 unspecified atom stereocenters. The molecule has 3 aromatic rings. The number of hydrogen-bond acceptors (Lipinski definition) is 2. The van der Waals surface area contributed by atoms with Crippen LogP contribution in [0.25, 0.3) is 0 Å². The number of imidazole rings is 1. The first-order valence-electron chi connectivity index (χ1n) is 7.12. The highest BCUT2D eigenvalue weighted by Crippen LogP contribution is 2.07. The Labute approximate surface area is 141 Å². The molecule has 1 heterocycles. The lowest BCUT2D eigenvalue weighted by atomic mass is 10.2. The molecule has 110 valence electrons. The van der Waals surface area contributed by atoms with E-state index in [9.17, 15) is 0 Å². The van der Waals surface area contributed by atoms with Crippen LogP contribution < -0.4 is 4.57 Å². The van der Waals surface area contributed by atoms with E-state index in [0.717, 1.165) is 18.9 Å². The number of thiocarbonyl (C=S) groups is 1. The van der Waals surface area contributed by atoms with Crippen LogP contribution in [0.5, 0.6) is 0 Å². The molecule has 4 heteroatoms. The summed E-state index contributed by atoms with van der Waals surface area (Å²) in [7, 11) is 0. The zero-order valence-corrected chi connectivity index (χ0v) is 13.7. The van der Waals surface area contributed by atoms with Gasteiger partial charge in [0.2, 0.25) is 0 Å². The SMILES string of the molecule is S=C([S-])c1n(Cc2ccccc2)cc[n+]1Cc1ccccc1. The van der Waals surface area contributed by atoms with Crippen molar-refractivity contribution >= 4 is 29.0 Å². The highest BCUT2D eigenvalue weighted by Gasteiger charge is 2.16. The van der Waals surface area contributed by atoms with E-state index in [1.165, 1.54) is 11.1 Å². The summed E-state index contributed by atoms with van der Waals surface area (Å²) < 4.78 is 4.73. The normalized spacial score (nSPS) is 10.5. The largest absolute Gasteiger partial charge is 0.421 e. The Hall–Kier alpha value is -2.04. The second-order valence-electron chi connectivity index (χ2n) is 5.14. The minimum atomic E-state index is 0.497. The van der Waals surface area contributed by atoms with Gasteiger partial charge in [0.15, 0.2) is 0 Å². The standard InChI is InChI=1S/C18H16N2S2/c21-18(22)17-19(13-15-7-3-1-4-8-15)11-12-20(17)14-16-9-5-2-6-10-16/h1-12H,13-14H2. The summed E-state index contributed by atoms with van der Waals surface area (Å²) in [5.74, 6) is 0.915. The number of rotatable bonds is 5. The molecule has 2 nitrogen and oxygen atoms in total. The van der Waals surface area contributed by atoms with Gasteiger partial charge in [-0.3, -0.25) is 0 Å². The molecule has 0 saturated carbocycles. The molecule has 0 radical (unpaired) electrons. The highest BCUT2D eigenvalue weighted by atomic mass is 32.1. The maximum atomic E-state index is 5.30. The van der Waals surface area contributed by atoms with Crippen molar-refractivity contribution in [1.29, 1.82) is 0 Å². The van der Waals surface area contributed by atoms with Crippen molar-refractivity contribution in [3.63, 3.8) is 0 Å². The molecule has 0 N–H and O–H groups in total. The number of aromatic nitrogens is 2. The first-order chi connectivity index (χ1) is 10.7. The molecule has 0 aliphatic rings. The lowest BCUT2D eigenvalue weighted by molar-refractivity contribution is -0.688. The van der Waals surface area contributed by atoms with Crippen LogP contribution in [-0.4, -0.2) is 8.76 Å². The van der Waals surface area contributed by atoms with E-state index >= 15 is 0 Å². The molecule has 0 fully saturated rings. The second-order valence-corrected chi connectivity index (χ2v) is 6.21. The van der Waals surface area contributed by atoms with Gasteiger partial charge in [-0.15, -0.1) is 0 Å². The van der Waals surface area contributed by atoms with Gasteiger partial charge in [0.1, 0.15) is 25.5 Å².